The molecule has 1 nitrogen and oxygen atoms in total. The Labute approximate surface area is 305 Å². The third kappa shape index (κ3) is 4.22. The van der Waals surface area contributed by atoms with Crippen LogP contribution in [0.1, 0.15) is 11.0 Å². The van der Waals surface area contributed by atoms with Gasteiger partial charge in [-0.1, -0.05) is 158 Å². The second kappa shape index (κ2) is 10.9. The van der Waals surface area contributed by atoms with Crippen molar-refractivity contribution in [1.82, 2.24) is 0 Å². The summed E-state index contributed by atoms with van der Waals surface area (Å²) in [7, 11) is 0. The van der Waals surface area contributed by atoms with Gasteiger partial charge in [-0.15, -0.1) is 0 Å². The molecule has 0 aliphatic carbocycles. The SMILES string of the molecule is [2H]c1c([2H])c([2H])c2c(-c3ccc4ccccc4c3-c3ccc4oc5ccc6ccccc6c5c4c3)c3c([2H])c([2H])c([2H])c([2H])c3c(-c3ccc4ccccc4c3)c2c1[2H]. The molecule has 1 heteroatoms. The van der Waals surface area contributed by atoms with Gasteiger partial charge in [-0.05, 0) is 112 Å². The van der Waals surface area contributed by atoms with Crippen LogP contribution in [-0.2, 0) is 0 Å². The van der Waals surface area contributed by atoms with E-state index in [1.165, 1.54) is 0 Å². The molecule has 1 aromatic heterocycles. The van der Waals surface area contributed by atoms with Crippen molar-refractivity contribution in [3.05, 3.63) is 182 Å². The van der Waals surface area contributed by atoms with Gasteiger partial charge >= 0.3 is 0 Å². The maximum Gasteiger partial charge on any atom is 0.136 e. The minimum Gasteiger partial charge on any atom is -0.456 e. The molecule has 0 amide bonds. The largest absolute Gasteiger partial charge is 0.456 e. The van der Waals surface area contributed by atoms with Gasteiger partial charge in [0.25, 0.3) is 0 Å². The monoisotopic (exact) mass is 654 g/mol. The van der Waals surface area contributed by atoms with Gasteiger partial charge in [0.05, 0.1) is 11.0 Å². The van der Waals surface area contributed by atoms with Crippen molar-refractivity contribution in [3.8, 4) is 33.4 Å². The maximum absolute atomic E-state index is 9.60. The number of furan rings is 1. The van der Waals surface area contributed by atoms with Gasteiger partial charge in [0.15, 0.2) is 0 Å². The van der Waals surface area contributed by atoms with Crippen LogP contribution in [0.3, 0.4) is 0 Å². The molecule has 0 bridgehead atoms. The molecule has 0 fully saturated rings. The second-order valence-corrected chi connectivity index (χ2v) is 13.0. The van der Waals surface area contributed by atoms with Crippen LogP contribution >= 0.6 is 0 Å². The summed E-state index contributed by atoms with van der Waals surface area (Å²) >= 11 is 0. The minimum absolute atomic E-state index is 0.175. The average Bonchev–Trinajstić information content (AvgIpc) is 3.66. The van der Waals surface area contributed by atoms with Crippen LogP contribution in [0, 0.1) is 0 Å². The van der Waals surface area contributed by atoms with E-state index in [-0.39, 0.29) is 45.7 Å². The first-order valence-corrected chi connectivity index (χ1v) is 16.9. The first kappa shape index (κ1) is 21.4. The van der Waals surface area contributed by atoms with Gasteiger partial charge < -0.3 is 4.42 Å². The summed E-state index contributed by atoms with van der Waals surface area (Å²) in [5.41, 5.74) is 4.79. The highest BCUT2D eigenvalue weighted by molar-refractivity contribution is 6.25. The summed E-state index contributed by atoms with van der Waals surface area (Å²) in [6.07, 6.45) is 0. The lowest BCUT2D eigenvalue weighted by Crippen LogP contribution is -1.94. The normalized spacial score (nSPS) is 14.1. The molecule has 0 unspecified atom stereocenters. The lowest BCUT2D eigenvalue weighted by Gasteiger charge is -2.21. The Balaban J connectivity index is 1.36. The standard InChI is InChI=1S/C50H30O/c1-2-14-34-29-35(22-21-31(34)11-1)48-39-17-7-9-19-41(39)49(42-20-10-8-18-40(42)48)43-26-23-32-12-3-5-15-37(32)47(43)36-25-27-45-44(30-36)50-38-16-6-4-13-33(38)24-28-46(50)51-45/h1-30H/i7D,8D,9D,10D,17D,18D,19D,20D. The van der Waals surface area contributed by atoms with Crippen molar-refractivity contribution in [2.45, 2.75) is 0 Å². The highest BCUT2D eigenvalue weighted by Gasteiger charge is 2.21. The third-order valence-corrected chi connectivity index (χ3v) is 10.3. The minimum atomic E-state index is -0.436. The quantitative estimate of drug-likeness (QED) is 0.173. The Morgan fingerprint density at radius 2 is 0.882 bits per heavy atom. The first-order valence-electron chi connectivity index (χ1n) is 20.9. The number of hydrogen-bond donors (Lipinski definition) is 0. The number of hydrogen-bond acceptors (Lipinski definition) is 1. The van der Waals surface area contributed by atoms with E-state index in [0.29, 0.717) is 27.8 Å². The molecule has 11 aromatic rings. The van der Waals surface area contributed by atoms with Gasteiger partial charge in [0.1, 0.15) is 11.2 Å². The van der Waals surface area contributed by atoms with Crippen molar-refractivity contribution in [2.24, 2.45) is 0 Å². The Morgan fingerprint density at radius 1 is 0.353 bits per heavy atom. The zero-order valence-electron chi connectivity index (χ0n) is 35.1. The van der Waals surface area contributed by atoms with Crippen molar-refractivity contribution in [3.63, 3.8) is 0 Å². The molecule has 11 rings (SSSR count). The fraction of sp³-hybridized carbons (Fsp3) is 0. The zero-order valence-corrected chi connectivity index (χ0v) is 27.1. The van der Waals surface area contributed by atoms with Crippen LogP contribution in [0.15, 0.2) is 186 Å². The number of rotatable bonds is 3. The Hall–Kier alpha value is -6.70. The van der Waals surface area contributed by atoms with Crippen LogP contribution in [-0.4, -0.2) is 0 Å². The molecule has 0 saturated heterocycles. The predicted octanol–water partition coefficient (Wildman–Crippen LogP) is 14.4. The molecule has 0 saturated carbocycles. The summed E-state index contributed by atoms with van der Waals surface area (Å²) in [6.45, 7) is 0. The summed E-state index contributed by atoms with van der Waals surface area (Å²) in [5.74, 6) is 0. The molecule has 0 atom stereocenters. The maximum atomic E-state index is 9.60. The molecular weight excluding hydrogens is 617 g/mol. The van der Waals surface area contributed by atoms with Gasteiger partial charge in [-0.3, -0.25) is 0 Å². The van der Waals surface area contributed by atoms with Gasteiger partial charge in [0.2, 0.25) is 0 Å². The Kier molecular flexibility index (Phi) is 4.57. The fourth-order valence-electron chi connectivity index (χ4n) is 8.02. The van der Waals surface area contributed by atoms with Crippen molar-refractivity contribution in [1.29, 1.82) is 0 Å². The molecule has 0 aliphatic heterocycles. The van der Waals surface area contributed by atoms with Crippen molar-refractivity contribution < 1.29 is 15.4 Å². The van der Waals surface area contributed by atoms with E-state index < -0.39 is 24.2 Å². The molecule has 51 heavy (non-hydrogen) atoms. The second-order valence-electron chi connectivity index (χ2n) is 13.0. The third-order valence-electron chi connectivity index (χ3n) is 10.3. The fourth-order valence-corrected chi connectivity index (χ4v) is 8.02. The van der Waals surface area contributed by atoms with Crippen LogP contribution in [0.25, 0.3) is 109 Å². The molecule has 0 aliphatic rings. The first-order chi connectivity index (χ1) is 28.6. The molecule has 10 aromatic carbocycles. The molecule has 1 heterocycles. The van der Waals surface area contributed by atoms with Crippen molar-refractivity contribution >= 4 is 75.8 Å². The highest BCUT2D eigenvalue weighted by atomic mass is 16.3. The lowest BCUT2D eigenvalue weighted by atomic mass is 9.82. The van der Waals surface area contributed by atoms with Gasteiger partial charge in [-0.25, -0.2) is 0 Å². The number of fused-ring (bicyclic) bond motifs is 9. The number of benzene rings is 10. The summed E-state index contributed by atoms with van der Waals surface area (Å²) < 4.78 is 80.4. The Bertz CT molecular complexity index is 3580. The van der Waals surface area contributed by atoms with E-state index in [0.717, 1.165) is 59.8 Å². The van der Waals surface area contributed by atoms with Crippen LogP contribution in [0.2, 0.25) is 0 Å². The summed E-state index contributed by atoms with van der Waals surface area (Å²) in [4.78, 5) is 0. The summed E-state index contributed by atoms with van der Waals surface area (Å²) in [5, 5.41) is 8.34. The van der Waals surface area contributed by atoms with Crippen LogP contribution in [0.5, 0.6) is 0 Å². The van der Waals surface area contributed by atoms with E-state index in [4.69, 9.17) is 9.90 Å². The van der Waals surface area contributed by atoms with E-state index >= 15 is 0 Å². The molecular formula is C50H30O. The Morgan fingerprint density at radius 3 is 1.63 bits per heavy atom. The van der Waals surface area contributed by atoms with Gasteiger partial charge in [0, 0.05) is 10.8 Å². The molecule has 0 spiro atoms. The van der Waals surface area contributed by atoms with Gasteiger partial charge in [-0.2, -0.15) is 0 Å². The average molecular weight is 655 g/mol. The van der Waals surface area contributed by atoms with E-state index in [1.54, 1.807) is 0 Å². The highest BCUT2D eigenvalue weighted by Crippen LogP contribution is 2.48. The van der Waals surface area contributed by atoms with E-state index in [9.17, 15) is 5.48 Å². The smallest absolute Gasteiger partial charge is 0.136 e. The van der Waals surface area contributed by atoms with E-state index in [1.807, 2.05) is 115 Å². The molecule has 0 N–H and O–H groups in total. The topological polar surface area (TPSA) is 13.1 Å². The molecule has 236 valence electrons. The van der Waals surface area contributed by atoms with Crippen LogP contribution < -0.4 is 0 Å². The molecule has 0 radical (unpaired) electrons. The lowest BCUT2D eigenvalue weighted by molar-refractivity contribution is 0.669. The van der Waals surface area contributed by atoms with Crippen LogP contribution in [0.4, 0.5) is 0 Å². The van der Waals surface area contributed by atoms with Crippen molar-refractivity contribution in [2.75, 3.05) is 0 Å². The zero-order chi connectivity index (χ0) is 40.4. The predicted molar refractivity (Wildman–Crippen MR) is 218 cm³/mol. The summed E-state index contributed by atoms with van der Waals surface area (Å²) in [6, 6.07) is 40.6. The van der Waals surface area contributed by atoms with E-state index in [2.05, 4.69) is 18.2 Å².